The monoisotopic (exact) mass is 278 g/mol. The molecule has 0 rings (SSSR count). The average Bonchev–Trinajstić information content (AvgIpc) is 1.94. The van der Waals surface area contributed by atoms with E-state index in [0.717, 1.165) is 6.26 Å². The van der Waals surface area contributed by atoms with Crippen molar-refractivity contribution in [1.29, 1.82) is 0 Å². The van der Waals surface area contributed by atoms with Crippen molar-refractivity contribution in [3.8, 4) is 0 Å². The van der Waals surface area contributed by atoms with Gasteiger partial charge in [0.15, 0.2) is 0 Å². The molecule has 2 amide bonds. The van der Waals surface area contributed by atoms with Crippen LogP contribution in [0.4, 0.5) is 4.79 Å². The number of carbonyl (C=O) groups is 2. The number of nitrogens with one attached hydrogen (secondary N) is 2. The molecule has 0 saturated carbocycles. The third-order valence-corrected chi connectivity index (χ3v) is 3.12. The van der Waals surface area contributed by atoms with E-state index in [1.165, 1.54) is 6.92 Å². The molecule has 0 aromatic rings. The first kappa shape index (κ1) is 16.9. The lowest BCUT2D eigenvalue weighted by atomic mass is 9.77. The third-order valence-electron chi connectivity index (χ3n) is 2.57. The number of amides is 2. The second-order valence-corrected chi connectivity index (χ2v) is 7.58. The largest absolute Gasteiger partial charge is 0.332 e. The number of carbonyl (C=O) groups excluding carboxylic acids is 2. The van der Waals surface area contributed by atoms with E-state index >= 15 is 0 Å². The van der Waals surface area contributed by atoms with Gasteiger partial charge in [-0.3, -0.25) is 4.79 Å². The first-order valence-electron chi connectivity index (χ1n) is 5.56. The Balaban J connectivity index is 4.68. The van der Waals surface area contributed by atoms with Crippen LogP contribution in [0.3, 0.4) is 0 Å². The number of hydrogen-bond acceptors (Lipinski definition) is 4. The fourth-order valence-corrected chi connectivity index (χ4v) is 2.16. The number of hydrogen-bond donors (Lipinski definition) is 2. The predicted molar refractivity (Wildman–Crippen MR) is 69.7 cm³/mol. The van der Waals surface area contributed by atoms with Crippen molar-refractivity contribution < 1.29 is 18.0 Å². The van der Waals surface area contributed by atoms with Gasteiger partial charge >= 0.3 is 6.03 Å². The highest BCUT2D eigenvalue weighted by molar-refractivity contribution is 7.89. The van der Waals surface area contributed by atoms with E-state index < -0.39 is 27.0 Å². The van der Waals surface area contributed by atoms with Gasteiger partial charge < -0.3 is 5.32 Å². The molecule has 0 spiro atoms. The van der Waals surface area contributed by atoms with Crippen LogP contribution in [0.15, 0.2) is 0 Å². The molecular weight excluding hydrogens is 256 g/mol. The minimum Gasteiger partial charge on any atom is -0.332 e. The van der Waals surface area contributed by atoms with E-state index in [1.54, 1.807) is 27.7 Å². The summed E-state index contributed by atoms with van der Waals surface area (Å²) >= 11 is 0. The van der Waals surface area contributed by atoms with Crippen molar-refractivity contribution in [2.45, 2.75) is 46.6 Å². The van der Waals surface area contributed by atoms with Gasteiger partial charge in [-0.15, -0.1) is 0 Å². The summed E-state index contributed by atoms with van der Waals surface area (Å²) in [5.41, 5.74) is -1.27. The number of urea groups is 1. The van der Waals surface area contributed by atoms with Gasteiger partial charge in [-0.05, 0) is 27.2 Å². The maximum absolute atomic E-state index is 11.4. The molecular formula is C11H22N2O4S. The average molecular weight is 278 g/mol. The molecule has 0 atom stereocenters. The van der Waals surface area contributed by atoms with Gasteiger partial charge in [-0.2, -0.15) is 0 Å². The Morgan fingerprint density at radius 2 is 1.56 bits per heavy atom. The molecule has 2 N–H and O–H groups in total. The zero-order valence-corrected chi connectivity index (χ0v) is 12.6. The van der Waals surface area contributed by atoms with Crippen LogP contribution in [0.5, 0.6) is 0 Å². The Bertz CT molecular complexity index is 438. The van der Waals surface area contributed by atoms with Gasteiger partial charge in [0, 0.05) is 11.0 Å². The molecule has 0 fully saturated rings. The van der Waals surface area contributed by atoms with Gasteiger partial charge in [-0.25, -0.2) is 17.9 Å². The first-order chi connectivity index (χ1) is 7.75. The second kappa shape index (κ2) is 5.26. The minimum absolute atomic E-state index is 0.0147. The maximum atomic E-state index is 11.4. The number of sulfonamides is 1. The highest BCUT2D eigenvalue weighted by Gasteiger charge is 2.33. The van der Waals surface area contributed by atoms with Crippen LogP contribution in [0.25, 0.3) is 0 Å². The molecule has 0 bridgehead atoms. The highest BCUT2D eigenvalue weighted by Crippen LogP contribution is 2.28. The van der Waals surface area contributed by atoms with Crippen molar-refractivity contribution in [1.82, 2.24) is 10.0 Å². The number of ketones is 1. The summed E-state index contributed by atoms with van der Waals surface area (Å²) in [6.45, 7) is 8.53. The van der Waals surface area contributed by atoms with Crippen LogP contribution in [0, 0.1) is 5.41 Å². The van der Waals surface area contributed by atoms with Crippen molar-refractivity contribution in [3.05, 3.63) is 0 Å². The van der Waals surface area contributed by atoms with Crippen LogP contribution < -0.4 is 10.0 Å². The fraction of sp³-hybridized carbons (Fsp3) is 0.818. The smallest absolute Gasteiger partial charge is 0.328 e. The Kier molecular flexibility index (Phi) is 4.93. The van der Waals surface area contributed by atoms with E-state index in [0.29, 0.717) is 6.42 Å². The zero-order chi connectivity index (χ0) is 14.8. The van der Waals surface area contributed by atoms with E-state index in [4.69, 9.17) is 0 Å². The van der Waals surface area contributed by atoms with Crippen molar-refractivity contribution in [2.75, 3.05) is 6.26 Å². The summed E-state index contributed by atoms with van der Waals surface area (Å²) in [6, 6.07) is -0.790. The molecule has 0 radical (unpaired) electrons. The molecule has 106 valence electrons. The first-order valence-corrected chi connectivity index (χ1v) is 7.45. The van der Waals surface area contributed by atoms with Crippen LogP contribution in [-0.4, -0.2) is 32.0 Å². The molecule has 0 aliphatic rings. The van der Waals surface area contributed by atoms with Gasteiger partial charge in [0.1, 0.15) is 5.78 Å². The molecule has 0 aliphatic heterocycles. The lowest BCUT2D eigenvalue weighted by Gasteiger charge is -2.33. The predicted octanol–water partition coefficient (Wildman–Crippen LogP) is 1.03. The Morgan fingerprint density at radius 1 is 1.11 bits per heavy atom. The molecule has 0 saturated heterocycles. The fourth-order valence-electron chi connectivity index (χ4n) is 1.77. The SMILES string of the molecule is CC(=O)C(C)(C)CC(C)(C)NC(=O)NS(C)(=O)=O. The van der Waals surface area contributed by atoms with Gasteiger partial charge in [-0.1, -0.05) is 13.8 Å². The van der Waals surface area contributed by atoms with Crippen molar-refractivity contribution in [3.63, 3.8) is 0 Å². The third kappa shape index (κ3) is 6.58. The molecule has 0 aromatic heterocycles. The Morgan fingerprint density at radius 3 is 1.89 bits per heavy atom. The van der Waals surface area contributed by atoms with Crippen LogP contribution in [-0.2, 0) is 14.8 Å². The lowest BCUT2D eigenvalue weighted by Crippen LogP contribution is -2.52. The minimum atomic E-state index is -3.58. The number of rotatable bonds is 5. The van der Waals surface area contributed by atoms with Crippen LogP contribution >= 0.6 is 0 Å². The quantitative estimate of drug-likeness (QED) is 0.785. The summed E-state index contributed by atoms with van der Waals surface area (Å²) in [6.07, 6.45) is 1.31. The summed E-state index contributed by atoms with van der Waals surface area (Å²) in [5.74, 6) is 0.0147. The van der Waals surface area contributed by atoms with E-state index in [9.17, 15) is 18.0 Å². The van der Waals surface area contributed by atoms with E-state index in [1.807, 2.05) is 4.72 Å². The standard InChI is InChI=1S/C11H22N2O4S/c1-8(14)10(2,3)7-11(4,5)12-9(15)13-18(6,16)17/h7H2,1-6H3,(H2,12,13,15). The molecule has 18 heavy (non-hydrogen) atoms. The molecule has 0 heterocycles. The maximum Gasteiger partial charge on any atom is 0.328 e. The topological polar surface area (TPSA) is 92.3 Å². The Labute approximate surface area is 109 Å². The van der Waals surface area contributed by atoms with E-state index in [2.05, 4.69) is 5.32 Å². The van der Waals surface area contributed by atoms with Crippen LogP contribution in [0.1, 0.15) is 41.0 Å². The number of Topliss-reactive ketones (excluding diaryl/α,β-unsaturated/α-hetero) is 1. The summed E-state index contributed by atoms with van der Waals surface area (Å²) in [4.78, 5) is 22.9. The second-order valence-electron chi connectivity index (χ2n) is 5.83. The summed E-state index contributed by atoms with van der Waals surface area (Å²) in [5, 5.41) is 2.54. The Hall–Kier alpha value is -1.11. The van der Waals surface area contributed by atoms with E-state index in [-0.39, 0.29) is 5.78 Å². The van der Waals surface area contributed by atoms with Gasteiger partial charge in [0.05, 0.1) is 6.26 Å². The summed E-state index contributed by atoms with van der Waals surface area (Å²) in [7, 11) is -3.58. The molecule has 0 aliphatic carbocycles. The molecule has 6 nitrogen and oxygen atoms in total. The van der Waals surface area contributed by atoms with Gasteiger partial charge in [0.25, 0.3) is 0 Å². The van der Waals surface area contributed by atoms with Crippen molar-refractivity contribution >= 4 is 21.8 Å². The van der Waals surface area contributed by atoms with Crippen molar-refractivity contribution in [2.24, 2.45) is 5.41 Å². The van der Waals surface area contributed by atoms with Gasteiger partial charge in [0.2, 0.25) is 10.0 Å². The molecule has 7 heteroatoms. The van der Waals surface area contributed by atoms with Crippen LogP contribution in [0.2, 0.25) is 0 Å². The molecule has 0 aromatic carbocycles. The zero-order valence-electron chi connectivity index (χ0n) is 11.7. The lowest BCUT2D eigenvalue weighted by molar-refractivity contribution is -0.125. The summed E-state index contributed by atoms with van der Waals surface area (Å²) < 4.78 is 23.6. The normalized spacial score (nSPS) is 13.0. The highest BCUT2D eigenvalue weighted by atomic mass is 32.2. The molecule has 0 unspecified atom stereocenters.